The van der Waals surface area contributed by atoms with Crippen LogP contribution in [-0.4, -0.2) is 49.6 Å². The van der Waals surface area contributed by atoms with Crippen LogP contribution in [-0.2, 0) is 39.4 Å². The predicted molar refractivity (Wildman–Crippen MR) is 125 cm³/mol. The summed E-state index contributed by atoms with van der Waals surface area (Å²) in [4.78, 5) is 47.6. The molecule has 184 valence electrons. The third-order valence-electron chi connectivity index (χ3n) is 5.13. The zero-order valence-electron chi connectivity index (χ0n) is 17.8. The van der Waals surface area contributed by atoms with Gasteiger partial charge in [0, 0.05) is 24.3 Å². The van der Waals surface area contributed by atoms with Crippen molar-refractivity contribution in [2.45, 2.75) is 9.79 Å². The normalized spacial score (nSPS) is 16.3. The largest absolute Gasteiger partial charge is 0.295 e. The number of rotatable bonds is 6. The van der Waals surface area contributed by atoms with Crippen LogP contribution in [0.1, 0.15) is 11.1 Å². The molecule has 2 aliphatic rings. The van der Waals surface area contributed by atoms with Crippen molar-refractivity contribution in [3.8, 4) is 0 Å². The Labute approximate surface area is 203 Å². The summed E-state index contributed by atoms with van der Waals surface area (Å²) >= 11 is 0. The van der Waals surface area contributed by atoms with Gasteiger partial charge in [0.25, 0.3) is 43.9 Å². The van der Waals surface area contributed by atoms with E-state index >= 15 is 0 Å². The highest BCUT2D eigenvalue weighted by atomic mass is 32.2. The van der Waals surface area contributed by atoms with E-state index in [1.54, 1.807) is 0 Å². The first-order valence-electron chi connectivity index (χ1n) is 9.81. The molecule has 0 spiro atoms. The summed E-state index contributed by atoms with van der Waals surface area (Å²) in [5, 5.41) is 0. The molecule has 4 amide bonds. The number of hydrogen-bond acceptors (Lipinski definition) is 8. The smallest absolute Gasteiger partial charge is 0.282 e. The van der Waals surface area contributed by atoms with E-state index in [1.807, 2.05) is 0 Å². The van der Waals surface area contributed by atoms with Crippen LogP contribution < -0.4 is 9.80 Å². The van der Waals surface area contributed by atoms with Crippen molar-refractivity contribution in [2.24, 2.45) is 0 Å². The molecule has 2 aromatic carbocycles. The van der Waals surface area contributed by atoms with Crippen molar-refractivity contribution in [1.82, 2.24) is 0 Å². The Hall–Kier alpha value is -4.24. The van der Waals surface area contributed by atoms with Gasteiger partial charge in [-0.2, -0.15) is 16.8 Å². The quantitative estimate of drug-likeness (QED) is 0.313. The Kier molecular flexibility index (Phi) is 6.05. The monoisotopic (exact) mass is 530 g/mol. The van der Waals surface area contributed by atoms with Gasteiger partial charge in [0.15, 0.2) is 0 Å². The molecule has 2 aliphatic heterocycles. The van der Waals surface area contributed by atoms with E-state index in [0.29, 0.717) is 9.80 Å². The molecule has 0 radical (unpaired) electrons. The third-order valence-corrected chi connectivity index (χ3v) is 6.95. The van der Waals surface area contributed by atoms with Crippen LogP contribution in [0.2, 0.25) is 0 Å². The first kappa shape index (κ1) is 24.9. The molecular formula is C22H14N2O10S2. The summed E-state index contributed by atoms with van der Waals surface area (Å²) in [6.07, 6.45) is 6.17. The number of hydrogen-bond donors (Lipinski definition) is 2. The minimum absolute atomic E-state index is 0.128. The number of amides is 4. The number of benzene rings is 2. The van der Waals surface area contributed by atoms with Crippen LogP contribution in [0, 0.1) is 0 Å². The molecule has 0 unspecified atom stereocenters. The van der Waals surface area contributed by atoms with Gasteiger partial charge < -0.3 is 0 Å². The topological polar surface area (TPSA) is 183 Å². The van der Waals surface area contributed by atoms with E-state index in [1.165, 1.54) is 24.3 Å². The molecule has 0 aliphatic carbocycles. The second-order valence-corrected chi connectivity index (χ2v) is 10.2. The molecule has 0 saturated carbocycles. The first-order valence-corrected chi connectivity index (χ1v) is 12.7. The second kappa shape index (κ2) is 8.76. The van der Waals surface area contributed by atoms with Crippen molar-refractivity contribution >= 4 is 67.4 Å². The van der Waals surface area contributed by atoms with E-state index in [2.05, 4.69) is 0 Å². The summed E-state index contributed by atoms with van der Waals surface area (Å²) in [5.74, 6) is -2.86. The van der Waals surface area contributed by atoms with Gasteiger partial charge in [-0.15, -0.1) is 0 Å². The lowest BCUT2D eigenvalue weighted by atomic mass is 10.1. The molecule has 4 rings (SSSR count). The summed E-state index contributed by atoms with van der Waals surface area (Å²) < 4.78 is 67.3. The van der Waals surface area contributed by atoms with Gasteiger partial charge in [0.1, 0.15) is 9.79 Å². The van der Waals surface area contributed by atoms with Crippen LogP contribution in [0.5, 0.6) is 0 Å². The van der Waals surface area contributed by atoms with Gasteiger partial charge in [-0.3, -0.25) is 28.3 Å². The van der Waals surface area contributed by atoms with Gasteiger partial charge in [-0.1, -0.05) is 24.3 Å². The highest BCUT2D eigenvalue weighted by molar-refractivity contribution is 7.86. The van der Waals surface area contributed by atoms with E-state index in [0.717, 1.165) is 48.6 Å². The minimum atomic E-state index is -4.87. The van der Waals surface area contributed by atoms with Crippen LogP contribution >= 0.6 is 0 Å². The molecular weight excluding hydrogens is 516 g/mol. The van der Waals surface area contributed by atoms with E-state index in [4.69, 9.17) is 0 Å². The zero-order chi connectivity index (χ0) is 26.4. The van der Waals surface area contributed by atoms with E-state index in [-0.39, 0.29) is 22.5 Å². The molecule has 2 aromatic rings. The molecule has 14 heteroatoms. The lowest BCUT2D eigenvalue weighted by molar-refractivity contribution is -0.121. The predicted octanol–water partition coefficient (Wildman–Crippen LogP) is 1.21. The Morgan fingerprint density at radius 3 is 1.14 bits per heavy atom. The summed E-state index contributed by atoms with van der Waals surface area (Å²) in [5.41, 5.74) is -0.548. The molecule has 0 fully saturated rings. The van der Waals surface area contributed by atoms with Crippen molar-refractivity contribution in [2.75, 3.05) is 9.80 Å². The Balaban J connectivity index is 1.77. The molecule has 2 heterocycles. The van der Waals surface area contributed by atoms with E-state index in [9.17, 15) is 45.1 Å². The van der Waals surface area contributed by atoms with Crippen LogP contribution in [0.15, 0.2) is 70.5 Å². The Morgan fingerprint density at radius 1 is 0.556 bits per heavy atom. The molecule has 0 saturated heterocycles. The van der Waals surface area contributed by atoms with Gasteiger partial charge in [0.05, 0.1) is 11.4 Å². The fourth-order valence-electron chi connectivity index (χ4n) is 3.54. The van der Waals surface area contributed by atoms with Crippen molar-refractivity contribution in [3.05, 3.63) is 71.8 Å². The summed E-state index contributed by atoms with van der Waals surface area (Å²) in [6.45, 7) is 0. The fraction of sp³-hybridized carbons (Fsp3) is 0. The molecule has 2 N–H and O–H groups in total. The summed E-state index contributed by atoms with van der Waals surface area (Å²) in [6, 6.07) is 6.60. The van der Waals surface area contributed by atoms with Crippen LogP contribution in [0.25, 0.3) is 12.2 Å². The lowest BCUT2D eigenvalue weighted by Gasteiger charge is -2.16. The molecule has 36 heavy (non-hydrogen) atoms. The number of carbonyl (C=O) groups is 4. The average Bonchev–Trinajstić information content (AvgIpc) is 3.31. The molecule has 0 aromatic heterocycles. The third kappa shape index (κ3) is 4.65. The van der Waals surface area contributed by atoms with Gasteiger partial charge >= 0.3 is 0 Å². The van der Waals surface area contributed by atoms with Crippen molar-refractivity contribution < 1.29 is 45.1 Å². The van der Waals surface area contributed by atoms with Gasteiger partial charge in [0.2, 0.25) is 0 Å². The maximum Gasteiger partial charge on any atom is 0.295 e. The van der Waals surface area contributed by atoms with Gasteiger partial charge in [-0.05, 0) is 35.4 Å². The second-order valence-electron chi connectivity index (χ2n) is 7.42. The first-order chi connectivity index (χ1) is 16.8. The van der Waals surface area contributed by atoms with Crippen molar-refractivity contribution in [3.63, 3.8) is 0 Å². The minimum Gasteiger partial charge on any atom is -0.282 e. The summed E-state index contributed by atoms with van der Waals surface area (Å²) in [7, 11) is -9.74. The van der Waals surface area contributed by atoms with Gasteiger partial charge in [-0.25, -0.2) is 9.80 Å². The number of nitrogens with zero attached hydrogens (tertiary/aromatic N) is 2. The highest BCUT2D eigenvalue weighted by Gasteiger charge is 2.28. The van der Waals surface area contributed by atoms with Crippen LogP contribution in [0.3, 0.4) is 0 Å². The van der Waals surface area contributed by atoms with Crippen LogP contribution in [0.4, 0.5) is 11.4 Å². The molecule has 0 atom stereocenters. The van der Waals surface area contributed by atoms with E-state index < -0.39 is 53.7 Å². The average molecular weight is 530 g/mol. The number of anilines is 2. The van der Waals surface area contributed by atoms with Crippen molar-refractivity contribution in [1.29, 1.82) is 0 Å². The molecule has 12 nitrogen and oxygen atoms in total. The lowest BCUT2D eigenvalue weighted by Crippen LogP contribution is -2.29. The maximum atomic E-state index is 12.0. The number of carbonyl (C=O) groups excluding carboxylic acids is 4. The number of imide groups is 2. The highest BCUT2D eigenvalue weighted by Crippen LogP contribution is 2.30. The fourth-order valence-corrected chi connectivity index (χ4v) is 4.94. The maximum absolute atomic E-state index is 12.0. The molecule has 0 bridgehead atoms. The zero-order valence-corrected chi connectivity index (χ0v) is 19.4. The Morgan fingerprint density at radius 2 is 0.861 bits per heavy atom. The Bertz CT molecular complexity index is 1510. The standard InChI is InChI=1S/C22H14N2O10S2/c25-19-7-8-20(26)23(19)15-5-3-13(17(11-15)35(29,30)31)1-2-14-4-6-16(12-18(14)36(32,33)34)24-21(27)9-10-22(24)28/h1-12H,(H,29,30,31)(H,32,33,34). The SMILES string of the molecule is O=C1C=CC(=O)N1c1ccc(C=Cc2ccc(N3C(=O)C=CC3=O)cc2S(=O)(=O)O)c(S(=O)(=O)O)c1.